The standard InChI is InChI=1S/C20H28FN/c1-5-7-9-17(12-13-20(3,4)21)14-18-11-10-16(8-6-2)15-19(18)22/h5,7,9-12,15H,1,6,8,13-14,22H2,2-4H3/b9-7-,17-12+. The van der Waals surface area contributed by atoms with Gasteiger partial charge in [0.25, 0.3) is 0 Å². The molecule has 1 aromatic rings. The molecule has 0 spiro atoms. The van der Waals surface area contributed by atoms with Crippen molar-refractivity contribution in [1.29, 1.82) is 0 Å². The van der Waals surface area contributed by atoms with E-state index >= 15 is 0 Å². The smallest absolute Gasteiger partial charge is 0.109 e. The van der Waals surface area contributed by atoms with E-state index in [1.54, 1.807) is 19.9 Å². The van der Waals surface area contributed by atoms with Gasteiger partial charge in [0.1, 0.15) is 5.67 Å². The number of hydrogen-bond acceptors (Lipinski definition) is 1. The monoisotopic (exact) mass is 301 g/mol. The second-order valence-electron chi connectivity index (χ2n) is 6.26. The van der Waals surface area contributed by atoms with E-state index in [2.05, 4.69) is 25.6 Å². The number of rotatable bonds is 8. The summed E-state index contributed by atoms with van der Waals surface area (Å²) in [7, 11) is 0. The molecule has 0 bridgehead atoms. The van der Waals surface area contributed by atoms with Gasteiger partial charge < -0.3 is 5.73 Å². The van der Waals surface area contributed by atoms with Crippen LogP contribution >= 0.6 is 0 Å². The van der Waals surface area contributed by atoms with Crippen LogP contribution in [0.15, 0.2) is 54.7 Å². The van der Waals surface area contributed by atoms with Crippen molar-refractivity contribution >= 4 is 5.69 Å². The highest BCUT2D eigenvalue weighted by Gasteiger charge is 2.13. The zero-order valence-corrected chi connectivity index (χ0v) is 14.0. The van der Waals surface area contributed by atoms with Crippen LogP contribution < -0.4 is 5.73 Å². The highest BCUT2D eigenvalue weighted by atomic mass is 19.1. The Balaban J connectivity index is 2.94. The molecule has 0 radical (unpaired) electrons. The van der Waals surface area contributed by atoms with Crippen molar-refractivity contribution in [2.75, 3.05) is 5.73 Å². The lowest BCUT2D eigenvalue weighted by atomic mass is 9.97. The van der Waals surface area contributed by atoms with Gasteiger partial charge in [-0.1, -0.05) is 56.4 Å². The van der Waals surface area contributed by atoms with Crippen molar-refractivity contribution in [2.24, 2.45) is 0 Å². The number of alkyl halides is 1. The van der Waals surface area contributed by atoms with Crippen molar-refractivity contribution in [2.45, 2.75) is 52.1 Å². The molecular formula is C20H28FN. The fraction of sp³-hybridized carbons (Fsp3) is 0.400. The maximum Gasteiger partial charge on any atom is 0.109 e. The third kappa shape index (κ3) is 6.75. The summed E-state index contributed by atoms with van der Waals surface area (Å²) in [6.45, 7) is 9.02. The van der Waals surface area contributed by atoms with Crippen LogP contribution in [0.1, 0.15) is 44.7 Å². The lowest BCUT2D eigenvalue weighted by Crippen LogP contribution is -2.10. The van der Waals surface area contributed by atoms with Crippen LogP contribution in [0.2, 0.25) is 0 Å². The Morgan fingerprint density at radius 1 is 1.36 bits per heavy atom. The van der Waals surface area contributed by atoms with Crippen LogP contribution in [-0.2, 0) is 12.8 Å². The molecule has 2 heteroatoms. The second kappa shape index (κ2) is 8.57. The van der Waals surface area contributed by atoms with E-state index in [1.165, 1.54) is 5.56 Å². The molecule has 22 heavy (non-hydrogen) atoms. The largest absolute Gasteiger partial charge is 0.398 e. The summed E-state index contributed by atoms with van der Waals surface area (Å²) in [4.78, 5) is 0. The van der Waals surface area contributed by atoms with E-state index in [1.807, 2.05) is 24.3 Å². The number of benzene rings is 1. The minimum atomic E-state index is -1.20. The van der Waals surface area contributed by atoms with Gasteiger partial charge in [0.05, 0.1) is 0 Å². The van der Waals surface area contributed by atoms with E-state index in [0.717, 1.165) is 29.7 Å². The lowest BCUT2D eigenvalue weighted by Gasteiger charge is -2.13. The van der Waals surface area contributed by atoms with Crippen molar-refractivity contribution in [1.82, 2.24) is 0 Å². The molecule has 0 unspecified atom stereocenters. The fourth-order valence-electron chi connectivity index (χ4n) is 2.23. The van der Waals surface area contributed by atoms with Gasteiger partial charge in [0, 0.05) is 5.69 Å². The predicted octanol–water partition coefficient (Wildman–Crippen LogP) is 5.57. The number of aryl methyl sites for hydroxylation is 1. The molecule has 0 aliphatic carbocycles. The van der Waals surface area contributed by atoms with E-state index in [-0.39, 0.29) is 0 Å². The molecule has 120 valence electrons. The van der Waals surface area contributed by atoms with Gasteiger partial charge in [-0.25, -0.2) is 4.39 Å². The van der Waals surface area contributed by atoms with Gasteiger partial charge >= 0.3 is 0 Å². The van der Waals surface area contributed by atoms with Crippen LogP contribution in [0.5, 0.6) is 0 Å². The van der Waals surface area contributed by atoms with E-state index in [9.17, 15) is 4.39 Å². The van der Waals surface area contributed by atoms with Crippen molar-refractivity contribution in [3.05, 3.63) is 65.8 Å². The molecule has 1 aromatic carbocycles. The van der Waals surface area contributed by atoms with Gasteiger partial charge in [0.2, 0.25) is 0 Å². The minimum absolute atomic E-state index is 0.387. The lowest BCUT2D eigenvalue weighted by molar-refractivity contribution is 0.221. The molecule has 0 saturated heterocycles. The van der Waals surface area contributed by atoms with Crippen molar-refractivity contribution in [3.8, 4) is 0 Å². The Labute approximate surface area is 134 Å². The van der Waals surface area contributed by atoms with E-state index in [0.29, 0.717) is 12.8 Å². The summed E-state index contributed by atoms with van der Waals surface area (Å²) < 4.78 is 13.7. The molecule has 0 aromatic heterocycles. The Morgan fingerprint density at radius 3 is 2.64 bits per heavy atom. The normalized spacial score (nSPS) is 12.8. The summed E-state index contributed by atoms with van der Waals surface area (Å²) >= 11 is 0. The minimum Gasteiger partial charge on any atom is -0.398 e. The first-order valence-corrected chi connectivity index (χ1v) is 7.90. The molecule has 1 rings (SSSR count). The van der Waals surface area contributed by atoms with Gasteiger partial charge in [-0.05, 0) is 55.9 Å². The zero-order valence-electron chi connectivity index (χ0n) is 14.0. The van der Waals surface area contributed by atoms with Crippen LogP contribution in [0.3, 0.4) is 0 Å². The molecule has 0 aliphatic rings. The van der Waals surface area contributed by atoms with Gasteiger partial charge in [-0.3, -0.25) is 0 Å². The van der Waals surface area contributed by atoms with Gasteiger partial charge in [-0.2, -0.15) is 0 Å². The maximum atomic E-state index is 13.7. The quantitative estimate of drug-likeness (QED) is 0.493. The number of anilines is 1. The highest BCUT2D eigenvalue weighted by Crippen LogP contribution is 2.22. The number of hydrogen-bond donors (Lipinski definition) is 1. The Bertz CT molecular complexity index is 547. The first-order valence-electron chi connectivity index (χ1n) is 7.90. The average Bonchev–Trinajstić information content (AvgIpc) is 2.43. The molecule has 0 atom stereocenters. The van der Waals surface area contributed by atoms with Crippen LogP contribution in [0, 0.1) is 0 Å². The molecule has 0 fully saturated rings. The summed E-state index contributed by atoms with van der Waals surface area (Å²) in [5, 5.41) is 0. The molecule has 0 aliphatic heterocycles. The molecule has 0 amide bonds. The van der Waals surface area contributed by atoms with E-state index < -0.39 is 5.67 Å². The zero-order chi connectivity index (χ0) is 16.6. The topological polar surface area (TPSA) is 26.0 Å². The van der Waals surface area contributed by atoms with Crippen LogP contribution in [-0.4, -0.2) is 5.67 Å². The number of nitrogen functional groups attached to an aromatic ring is 1. The number of allylic oxidation sites excluding steroid dienone is 5. The maximum absolute atomic E-state index is 13.7. The SMILES string of the molecule is C=C/C=C\C(=C/CC(C)(C)F)Cc1ccc(CCC)cc1N. The first kappa shape index (κ1) is 18.2. The fourth-order valence-corrected chi connectivity index (χ4v) is 2.23. The number of nitrogens with two attached hydrogens (primary N) is 1. The Hall–Kier alpha value is -1.83. The van der Waals surface area contributed by atoms with Crippen LogP contribution in [0.25, 0.3) is 0 Å². The summed E-state index contributed by atoms with van der Waals surface area (Å²) in [6, 6.07) is 6.26. The third-order valence-electron chi connectivity index (χ3n) is 3.44. The number of halogens is 1. The Morgan fingerprint density at radius 2 is 2.09 bits per heavy atom. The summed E-state index contributed by atoms with van der Waals surface area (Å²) in [5.41, 5.74) is 9.17. The summed E-state index contributed by atoms with van der Waals surface area (Å²) in [5.74, 6) is 0. The van der Waals surface area contributed by atoms with Gasteiger partial charge in [-0.15, -0.1) is 0 Å². The Kier molecular flexibility index (Phi) is 7.10. The molecule has 1 nitrogen and oxygen atoms in total. The highest BCUT2D eigenvalue weighted by molar-refractivity contribution is 5.51. The molecule has 0 saturated carbocycles. The third-order valence-corrected chi connectivity index (χ3v) is 3.44. The molecule has 2 N–H and O–H groups in total. The first-order chi connectivity index (χ1) is 10.4. The van der Waals surface area contributed by atoms with Crippen LogP contribution in [0.4, 0.5) is 10.1 Å². The second-order valence-corrected chi connectivity index (χ2v) is 6.26. The summed E-state index contributed by atoms with van der Waals surface area (Å²) in [6.07, 6.45) is 10.8. The van der Waals surface area contributed by atoms with E-state index in [4.69, 9.17) is 5.73 Å². The predicted molar refractivity (Wildman–Crippen MR) is 95.8 cm³/mol. The molecule has 0 heterocycles. The molecular weight excluding hydrogens is 273 g/mol. The van der Waals surface area contributed by atoms with Gasteiger partial charge in [0.15, 0.2) is 0 Å². The average molecular weight is 301 g/mol. The van der Waals surface area contributed by atoms with Crippen molar-refractivity contribution < 1.29 is 4.39 Å². The van der Waals surface area contributed by atoms with Crippen molar-refractivity contribution in [3.63, 3.8) is 0 Å².